The van der Waals surface area contributed by atoms with Crippen LogP contribution in [0.5, 0.6) is 0 Å². The highest BCUT2D eigenvalue weighted by Gasteiger charge is 2.22. The van der Waals surface area contributed by atoms with Crippen molar-refractivity contribution in [2.24, 2.45) is 0 Å². The van der Waals surface area contributed by atoms with Crippen LogP contribution in [0.25, 0.3) is 106 Å². The van der Waals surface area contributed by atoms with E-state index in [4.69, 9.17) is 15.1 Å². The van der Waals surface area contributed by atoms with E-state index in [9.17, 15) is 0 Å². The Morgan fingerprint density at radius 1 is 0.328 bits per heavy atom. The van der Waals surface area contributed by atoms with Gasteiger partial charge >= 0.3 is 0 Å². The van der Waals surface area contributed by atoms with Gasteiger partial charge in [-0.05, 0) is 57.5 Å². The van der Waals surface area contributed by atoms with Crippen LogP contribution >= 0.6 is 0 Å². The van der Waals surface area contributed by atoms with E-state index in [2.05, 4.69) is 223 Å². The van der Waals surface area contributed by atoms with Gasteiger partial charge in [0.25, 0.3) is 0 Å². The summed E-state index contributed by atoms with van der Waals surface area (Å²) in [5.41, 5.74) is 15.6. The summed E-state index contributed by atoms with van der Waals surface area (Å²) in [5.74, 6) is 0.686. The van der Waals surface area contributed by atoms with Gasteiger partial charge in [-0.2, -0.15) is 5.10 Å². The minimum atomic E-state index is 0.686. The molecule has 0 N–H and O–H groups in total. The Bertz CT molecular complexity index is 3320. The van der Waals surface area contributed by atoms with Crippen molar-refractivity contribution >= 4 is 21.7 Å². The summed E-state index contributed by atoms with van der Waals surface area (Å²) in [6.07, 6.45) is 0. The Morgan fingerprint density at radius 3 is 1.54 bits per heavy atom. The molecule has 0 aliphatic carbocycles. The first-order valence-electron chi connectivity index (χ1n) is 20.6. The lowest BCUT2D eigenvalue weighted by Gasteiger charge is -2.14. The van der Waals surface area contributed by atoms with Gasteiger partial charge in [0.2, 0.25) is 0 Å². The van der Waals surface area contributed by atoms with Crippen LogP contribution in [0.2, 0.25) is 0 Å². The molecule has 61 heavy (non-hydrogen) atoms. The van der Waals surface area contributed by atoms with Crippen molar-refractivity contribution in [2.75, 3.05) is 0 Å². The Balaban J connectivity index is 1.06. The molecule has 0 amide bonds. The van der Waals surface area contributed by atoms with Gasteiger partial charge in [0.15, 0.2) is 5.82 Å². The first-order valence-corrected chi connectivity index (χ1v) is 20.6. The van der Waals surface area contributed by atoms with Crippen LogP contribution in [0.15, 0.2) is 231 Å². The summed E-state index contributed by atoms with van der Waals surface area (Å²) in [4.78, 5) is 10.3. The minimum absolute atomic E-state index is 0.686. The zero-order chi connectivity index (χ0) is 40.5. The molecule has 0 aliphatic rings. The quantitative estimate of drug-likeness (QED) is 0.154. The molecule has 0 unspecified atom stereocenters. The molecular formula is C57H38N4. The van der Waals surface area contributed by atoms with E-state index in [0.717, 1.165) is 94.7 Å². The predicted molar refractivity (Wildman–Crippen MR) is 252 cm³/mol. The molecule has 4 heteroatoms. The molecule has 0 saturated carbocycles. The van der Waals surface area contributed by atoms with Crippen LogP contribution in [0.4, 0.5) is 0 Å². The summed E-state index contributed by atoms with van der Waals surface area (Å²) < 4.78 is 2.17. The third-order valence-corrected chi connectivity index (χ3v) is 11.5. The molecular weight excluding hydrogens is 741 g/mol. The van der Waals surface area contributed by atoms with Gasteiger partial charge < -0.3 is 0 Å². The standard InChI is InChI=1S/C57H38N4/c1-5-18-39(19-6-1)45-27-17-28-47(36-45)57-58-51(42-22-9-3-10-23-42)38-52(59-57)43-34-32-41(33-35-43)48-29-15-16-31-53(48)61-56-49-30-14-13-26-46(49)37-50(40-20-7-2-8-21-40)54(56)55(60-61)44-24-11-4-12-25-44/h1-38H. The molecule has 0 atom stereocenters. The number of para-hydroxylation sites is 1. The lowest BCUT2D eigenvalue weighted by atomic mass is 9.93. The topological polar surface area (TPSA) is 43.6 Å². The molecule has 11 aromatic rings. The second kappa shape index (κ2) is 15.5. The Morgan fingerprint density at radius 2 is 0.836 bits per heavy atom. The summed E-state index contributed by atoms with van der Waals surface area (Å²) in [7, 11) is 0. The summed E-state index contributed by atoms with van der Waals surface area (Å²) in [5, 5.41) is 8.97. The van der Waals surface area contributed by atoms with Crippen molar-refractivity contribution in [3.63, 3.8) is 0 Å². The number of aromatic nitrogens is 4. The fraction of sp³-hybridized carbons (Fsp3) is 0. The number of rotatable bonds is 8. The Kier molecular flexibility index (Phi) is 9.14. The van der Waals surface area contributed by atoms with Crippen molar-refractivity contribution in [2.45, 2.75) is 0 Å². The van der Waals surface area contributed by atoms with E-state index in [1.54, 1.807) is 0 Å². The van der Waals surface area contributed by atoms with Gasteiger partial charge in [0.1, 0.15) is 5.69 Å². The molecule has 4 nitrogen and oxygen atoms in total. The lowest BCUT2D eigenvalue weighted by molar-refractivity contribution is 0.919. The third kappa shape index (κ3) is 6.76. The largest absolute Gasteiger partial charge is 0.231 e. The average Bonchev–Trinajstić information content (AvgIpc) is 3.76. The molecule has 11 rings (SSSR count). The first-order chi connectivity index (χ1) is 30.2. The second-order valence-electron chi connectivity index (χ2n) is 15.2. The maximum atomic E-state index is 5.52. The predicted octanol–water partition coefficient (Wildman–Crippen LogP) is 14.6. The minimum Gasteiger partial charge on any atom is -0.231 e. The summed E-state index contributed by atoms with van der Waals surface area (Å²) >= 11 is 0. The van der Waals surface area contributed by atoms with E-state index in [1.165, 1.54) is 5.39 Å². The van der Waals surface area contributed by atoms with Crippen LogP contribution < -0.4 is 0 Å². The highest BCUT2D eigenvalue weighted by molar-refractivity contribution is 6.17. The number of fused-ring (bicyclic) bond motifs is 3. The molecule has 0 aliphatic heterocycles. The fourth-order valence-electron chi connectivity index (χ4n) is 8.48. The van der Waals surface area contributed by atoms with Crippen molar-refractivity contribution < 1.29 is 0 Å². The Labute approximate surface area is 354 Å². The summed E-state index contributed by atoms with van der Waals surface area (Å²) in [6, 6.07) is 80.9. The van der Waals surface area contributed by atoms with Crippen molar-refractivity contribution in [3.05, 3.63) is 231 Å². The molecule has 0 spiro atoms. The Hall–Kier alpha value is -8.21. The van der Waals surface area contributed by atoms with Gasteiger partial charge in [0, 0.05) is 38.6 Å². The SMILES string of the molecule is c1ccc(-c2cccc(-c3nc(-c4ccccc4)cc(-c4ccc(-c5ccccc5-n5nc(-c6ccccc6)c6c(-c7ccccc7)cc7ccccc7c65)cc4)n3)c2)cc1. The average molecular weight is 779 g/mol. The molecule has 286 valence electrons. The highest BCUT2D eigenvalue weighted by atomic mass is 15.3. The zero-order valence-corrected chi connectivity index (χ0v) is 33.2. The van der Waals surface area contributed by atoms with Gasteiger partial charge in [-0.15, -0.1) is 0 Å². The van der Waals surface area contributed by atoms with Crippen LogP contribution in [0.3, 0.4) is 0 Å². The molecule has 0 saturated heterocycles. The smallest absolute Gasteiger partial charge is 0.160 e. The monoisotopic (exact) mass is 778 g/mol. The number of hydrogen-bond donors (Lipinski definition) is 0. The van der Waals surface area contributed by atoms with Gasteiger partial charge in [-0.25, -0.2) is 14.6 Å². The van der Waals surface area contributed by atoms with Crippen molar-refractivity contribution in [1.82, 2.24) is 19.7 Å². The van der Waals surface area contributed by atoms with Gasteiger partial charge in [-0.3, -0.25) is 0 Å². The zero-order valence-electron chi connectivity index (χ0n) is 33.2. The molecule has 2 aromatic heterocycles. The van der Waals surface area contributed by atoms with Crippen LogP contribution in [-0.2, 0) is 0 Å². The van der Waals surface area contributed by atoms with Crippen LogP contribution in [0.1, 0.15) is 0 Å². The second-order valence-corrected chi connectivity index (χ2v) is 15.2. The summed E-state index contributed by atoms with van der Waals surface area (Å²) in [6.45, 7) is 0. The van der Waals surface area contributed by atoms with Gasteiger partial charge in [0.05, 0.1) is 22.6 Å². The molecule has 0 fully saturated rings. The maximum Gasteiger partial charge on any atom is 0.160 e. The van der Waals surface area contributed by atoms with E-state index < -0.39 is 0 Å². The maximum absolute atomic E-state index is 5.52. The third-order valence-electron chi connectivity index (χ3n) is 11.5. The van der Waals surface area contributed by atoms with Crippen molar-refractivity contribution in [3.8, 4) is 84.2 Å². The highest BCUT2D eigenvalue weighted by Crippen LogP contribution is 2.43. The number of nitrogens with zero attached hydrogens (tertiary/aromatic N) is 4. The van der Waals surface area contributed by atoms with E-state index in [0.29, 0.717) is 5.82 Å². The molecule has 2 heterocycles. The van der Waals surface area contributed by atoms with E-state index in [-0.39, 0.29) is 0 Å². The van der Waals surface area contributed by atoms with E-state index >= 15 is 0 Å². The molecule has 9 aromatic carbocycles. The molecule has 0 radical (unpaired) electrons. The first kappa shape index (κ1) is 35.9. The van der Waals surface area contributed by atoms with Gasteiger partial charge in [-0.1, -0.05) is 206 Å². The van der Waals surface area contributed by atoms with Crippen LogP contribution in [0, 0.1) is 0 Å². The number of hydrogen-bond acceptors (Lipinski definition) is 3. The van der Waals surface area contributed by atoms with E-state index in [1.807, 2.05) is 12.1 Å². The van der Waals surface area contributed by atoms with Crippen molar-refractivity contribution in [1.29, 1.82) is 0 Å². The lowest BCUT2D eigenvalue weighted by Crippen LogP contribution is -2.00. The normalized spacial score (nSPS) is 11.3. The number of benzene rings is 9. The van der Waals surface area contributed by atoms with Crippen LogP contribution in [-0.4, -0.2) is 19.7 Å². The fourth-order valence-corrected chi connectivity index (χ4v) is 8.48. The molecule has 0 bridgehead atoms.